The maximum atomic E-state index is 13.5. The van der Waals surface area contributed by atoms with Gasteiger partial charge >= 0.3 is 0 Å². The molecule has 1 saturated heterocycles. The van der Waals surface area contributed by atoms with E-state index < -0.39 is 29.7 Å². The van der Waals surface area contributed by atoms with Crippen LogP contribution in [0, 0.1) is 17.6 Å². The van der Waals surface area contributed by atoms with Crippen LogP contribution in [0.2, 0.25) is 0 Å². The molecular formula is C27H28F2N2O4. The molecule has 35 heavy (non-hydrogen) atoms. The summed E-state index contributed by atoms with van der Waals surface area (Å²) in [6.07, 6.45) is 0.428. The van der Waals surface area contributed by atoms with Crippen LogP contribution < -0.4 is 15.4 Å². The number of hydrogen-bond donors (Lipinski definition) is 3. The normalized spacial score (nSPS) is 18.3. The van der Waals surface area contributed by atoms with E-state index in [0.717, 1.165) is 0 Å². The molecule has 1 fully saturated rings. The van der Waals surface area contributed by atoms with Crippen LogP contribution in [0.4, 0.5) is 14.5 Å². The van der Waals surface area contributed by atoms with Crippen molar-refractivity contribution in [2.24, 2.45) is 11.7 Å². The fraction of sp³-hybridized carbons (Fsp3) is 0.296. The first-order valence-electron chi connectivity index (χ1n) is 11.6. The summed E-state index contributed by atoms with van der Waals surface area (Å²) < 4.78 is 32.3. The lowest BCUT2D eigenvalue weighted by Gasteiger charge is -2.48. The van der Waals surface area contributed by atoms with Crippen molar-refractivity contribution in [1.82, 2.24) is 0 Å². The number of rotatable bonds is 10. The van der Waals surface area contributed by atoms with Crippen molar-refractivity contribution < 1.29 is 28.5 Å². The third-order valence-electron chi connectivity index (χ3n) is 6.26. The number of carbonyl (C=O) groups excluding carboxylic acids is 1. The van der Waals surface area contributed by atoms with Gasteiger partial charge in [-0.2, -0.15) is 0 Å². The van der Waals surface area contributed by atoms with Crippen molar-refractivity contribution in [3.8, 4) is 11.5 Å². The first kappa shape index (κ1) is 24.6. The molecule has 1 amide bonds. The van der Waals surface area contributed by atoms with Crippen molar-refractivity contribution in [1.29, 1.82) is 0 Å². The van der Waals surface area contributed by atoms with Crippen molar-refractivity contribution in [3.05, 3.63) is 89.5 Å². The lowest BCUT2D eigenvalue weighted by atomic mass is 9.78. The molecule has 8 heteroatoms. The Morgan fingerprint density at radius 2 is 1.66 bits per heavy atom. The number of nitrogens with zero attached hydrogens (tertiary/aromatic N) is 1. The van der Waals surface area contributed by atoms with Gasteiger partial charge < -0.3 is 25.6 Å². The number of anilines is 1. The van der Waals surface area contributed by atoms with Crippen LogP contribution in [-0.2, 0) is 4.79 Å². The Labute approximate surface area is 202 Å². The van der Waals surface area contributed by atoms with Crippen LogP contribution in [-0.4, -0.2) is 29.3 Å². The van der Waals surface area contributed by atoms with Crippen LogP contribution in [0.5, 0.6) is 11.5 Å². The number of ether oxygens (including phenoxy) is 1. The largest absolute Gasteiger partial charge is 0.507 e. The summed E-state index contributed by atoms with van der Waals surface area (Å²) in [6, 6.07) is 15.6. The minimum Gasteiger partial charge on any atom is -0.507 e. The Morgan fingerprint density at radius 3 is 2.29 bits per heavy atom. The number of aliphatic hydroxyl groups is 1. The molecule has 0 bridgehead atoms. The van der Waals surface area contributed by atoms with Crippen LogP contribution in [0.3, 0.4) is 0 Å². The van der Waals surface area contributed by atoms with E-state index in [1.165, 1.54) is 59.5 Å². The van der Waals surface area contributed by atoms with Crippen LogP contribution in [0.1, 0.15) is 42.5 Å². The summed E-state index contributed by atoms with van der Waals surface area (Å²) in [4.78, 5) is 14.7. The highest BCUT2D eigenvalue weighted by atomic mass is 19.1. The van der Waals surface area contributed by atoms with Gasteiger partial charge in [-0.3, -0.25) is 4.79 Å². The van der Waals surface area contributed by atoms with E-state index in [1.54, 1.807) is 12.1 Å². The predicted molar refractivity (Wildman–Crippen MR) is 128 cm³/mol. The number of benzene rings is 3. The van der Waals surface area contributed by atoms with Gasteiger partial charge in [-0.15, -0.1) is 0 Å². The maximum absolute atomic E-state index is 13.5. The quantitative estimate of drug-likeness (QED) is 0.290. The second-order valence-electron chi connectivity index (χ2n) is 8.59. The highest BCUT2D eigenvalue weighted by Gasteiger charge is 2.49. The molecule has 0 saturated carbocycles. The van der Waals surface area contributed by atoms with Gasteiger partial charge in [0, 0.05) is 17.3 Å². The number of phenolic OH excluding ortho intramolecular Hbond substituents is 1. The Kier molecular flexibility index (Phi) is 7.63. The van der Waals surface area contributed by atoms with E-state index in [-0.39, 0.29) is 18.1 Å². The molecule has 0 aromatic heterocycles. The van der Waals surface area contributed by atoms with E-state index in [1.807, 2.05) is 0 Å². The number of amides is 1. The summed E-state index contributed by atoms with van der Waals surface area (Å²) in [5, 5.41) is 21.4. The number of carbonyl (C=O) groups is 1. The average molecular weight is 483 g/mol. The van der Waals surface area contributed by atoms with Crippen LogP contribution in [0.25, 0.3) is 0 Å². The molecule has 0 radical (unpaired) electrons. The minimum absolute atomic E-state index is 0.0241. The van der Waals surface area contributed by atoms with Gasteiger partial charge in [0.25, 0.3) is 0 Å². The number of phenols is 1. The Hall–Kier alpha value is -3.49. The van der Waals surface area contributed by atoms with Gasteiger partial charge in [-0.1, -0.05) is 12.1 Å². The fourth-order valence-electron chi connectivity index (χ4n) is 4.40. The average Bonchev–Trinajstić information content (AvgIpc) is 2.85. The molecule has 1 heterocycles. The molecule has 3 unspecified atom stereocenters. The molecule has 0 aliphatic carbocycles. The van der Waals surface area contributed by atoms with Gasteiger partial charge in [0.15, 0.2) is 0 Å². The topological polar surface area (TPSA) is 96.0 Å². The Morgan fingerprint density at radius 1 is 1.00 bits per heavy atom. The van der Waals surface area contributed by atoms with E-state index in [4.69, 9.17) is 10.5 Å². The van der Waals surface area contributed by atoms with E-state index >= 15 is 0 Å². The molecule has 184 valence electrons. The monoisotopic (exact) mass is 482 g/mol. The van der Waals surface area contributed by atoms with Gasteiger partial charge in [-0.05, 0) is 79.9 Å². The van der Waals surface area contributed by atoms with Gasteiger partial charge in [0.05, 0.1) is 24.7 Å². The van der Waals surface area contributed by atoms with Crippen molar-refractivity contribution in [2.45, 2.75) is 31.4 Å². The minimum atomic E-state index is -0.865. The van der Waals surface area contributed by atoms with E-state index in [2.05, 4.69) is 0 Å². The van der Waals surface area contributed by atoms with Crippen molar-refractivity contribution in [3.63, 3.8) is 0 Å². The standard InChI is InChI=1S/C27H28F2N2O4/c28-18-4-2-17(3-5-18)24(32)13-12-23-26(31(27(23)34)20-8-6-19(29)7-9-20)22-11-10-21(16-25(22)33)35-15-1-14-30/h2-11,16,23-24,26,32-33H,1,12-15,30H2. The summed E-state index contributed by atoms with van der Waals surface area (Å²) in [6.45, 7) is 0.912. The molecule has 6 nitrogen and oxygen atoms in total. The number of β-lactam (4-membered cyclic amide) rings is 1. The van der Waals surface area contributed by atoms with E-state index in [0.29, 0.717) is 48.6 Å². The molecule has 3 aromatic carbocycles. The number of aromatic hydroxyl groups is 1. The maximum Gasteiger partial charge on any atom is 0.233 e. The zero-order chi connectivity index (χ0) is 24.9. The molecule has 3 atom stereocenters. The number of hydrogen-bond acceptors (Lipinski definition) is 5. The first-order chi connectivity index (χ1) is 16.9. The number of aliphatic hydroxyl groups excluding tert-OH is 1. The zero-order valence-corrected chi connectivity index (χ0v) is 19.1. The third kappa shape index (κ3) is 5.44. The van der Waals surface area contributed by atoms with Gasteiger partial charge in [0.2, 0.25) is 5.91 Å². The SMILES string of the molecule is NCCCOc1ccc(C2C(CCC(O)c3ccc(F)cc3)C(=O)N2c2ccc(F)cc2)c(O)c1. The molecular weight excluding hydrogens is 454 g/mol. The molecule has 4 rings (SSSR count). The first-order valence-corrected chi connectivity index (χ1v) is 11.6. The molecule has 4 N–H and O–H groups in total. The highest BCUT2D eigenvalue weighted by molar-refractivity contribution is 6.03. The predicted octanol–water partition coefficient (Wildman–Crippen LogP) is 4.62. The molecule has 3 aromatic rings. The summed E-state index contributed by atoms with van der Waals surface area (Å²) >= 11 is 0. The zero-order valence-electron chi connectivity index (χ0n) is 19.1. The summed E-state index contributed by atoms with van der Waals surface area (Å²) in [7, 11) is 0. The molecule has 1 aliphatic heterocycles. The lowest BCUT2D eigenvalue weighted by Crippen LogP contribution is -2.55. The highest BCUT2D eigenvalue weighted by Crippen LogP contribution is 2.49. The number of halogens is 2. The lowest BCUT2D eigenvalue weighted by molar-refractivity contribution is -0.131. The van der Waals surface area contributed by atoms with Gasteiger partial charge in [0.1, 0.15) is 23.1 Å². The van der Waals surface area contributed by atoms with Crippen molar-refractivity contribution in [2.75, 3.05) is 18.1 Å². The van der Waals surface area contributed by atoms with Gasteiger partial charge in [-0.25, -0.2) is 8.78 Å². The molecule has 1 aliphatic rings. The summed E-state index contributed by atoms with van der Waals surface area (Å²) in [5.74, 6) is -1.04. The second kappa shape index (κ2) is 10.8. The van der Waals surface area contributed by atoms with Crippen molar-refractivity contribution >= 4 is 11.6 Å². The second-order valence-corrected chi connectivity index (χ2v) is 8.59. The van der Waals surface area contributed by atoms with Crippen LogP contribution in [0.15, 0.2) is 66.7 Å². The third-order valence-corrected chi connectivity index (χ3v) is 6.26. The smallest absolute Gasteiger partial charge is 0.233 e. The Balaban J connectivity index is 1.56. The molecule has 0 spiro atoms. The van der Waals surface area contributed by atoms with E-state index in [9.17, 15) is 23.8 Å². The Bertz CT molecular complexity index is 1150. The van der Waals surface area contributed by atoms with Crippen LogP contribution >= 0.6 is 0 Å². The summed E-state index contributed by atoms with van der Waals surface area (Å²) in [5.41, 5.74) is 7.09. The fourth-order valence-corrected chi connectivity index (χ4v) is 4.40. The number of nitrogens with two attached hydrogens (primary N) is 1.